The first-order valence-corrected chi connectivity index (χ1v) is 9.15. The van der Waals surface area contributed by atoms with Crippen molar-refractivity contribution in [2.24, 2.45) is 0 Å². The number of aryl methyl sites for hydroxylation is 1. The van der Waals surface area contributed by atoms with Crippen LogP contribution in [-0.4, -0.2) is 16.9 Å². The number of nitrogens with one attached hydrogen (secondary N) is 1. The molecule has 0 radical (unpaired) electrons. The summed E-state index contributed by atoms with van der Waals surface area (Å²) in [6.07, 6.45) is 4.52. The van der Waals surface area contributed by atoms with E-state index in [1.807, 2.05) is 31.2 Å². The lowest BCUT2D eigenvalue weighted by atomic mass is 10.2. The molecule has 2 heterocycles. The van der Waals surface area contributed by atoms with Crippen LogP contribution in [0.5, 0.6) is 0 Å². The van der Waals surface area contributed by atoms with E-state index >= 15 is 0 Å². The summed E-state index contributed by atoms with van der Waals surface area (Å²) in [6.45, 7) is 1.99. The van der Waals surface area contributed by atoms with E-state index in [0.717, 1.165) is 11.3 Å². The van der Waals surface area contributed by atoms with E-state index in [-0.39, 0.29) is 18.9 Å². The number of ether oxygens (including phenoxy) is 1. The number of para-hydroxylation sites is 1. The molecule has 138 valence electrons. The van der Waals surface area contributed by atoms with Crippen molar-refractivity contribution in [1.82, 2.24) is 4.98 Å². The first-order valence-electron chi connectivity index (χ1n) is 8.27. The predicted molar refractivity (Wildman–Crippen MR) is 103 cm³/mol. The zero-order chi connectivity index (χ0) is 19.1. The first-order chi connectivity index (χ1) is 13.1. The Morgan fingerprint density at radius 2 is 2.11 bits per heavy atom. The molecule has 0 atom stereocenters. The number of carbonyl (C=O) groups excluding carboxylic acids is 2. The Labute approximate surface area is 160 Å². The Morgan fingerprint density at radius 3 is 2.89 bits per heavy atom. The number of esters is 1. The molecule has 0 aliphatic rings. The maximum absolute atomic E-state index is 12.2. The number of rotatable bonds is 7. The van der Waals surface area contributed by atoms with Gasteiger partial charge >= 0.3 is 5.97 Å². The highest BCUT2D eigenvalue weighted by Gasteiger charge is 2.10. The van der Waals surface area contributed by atoms with Crippen molar-refractivity contribution in [2.45, 2.75) is 20.0 Å². The second kappa shape index (κ2) is 8.95. The van der Waals surface area contributed by atoms with E-state index in [4.69, 9.17) is 9.15 Å². The highest BCUT2D eigenvalue weighted by atomic mass is 32.1. The van der Waals surface area contributed by atoms with Gasteiger partial charge in [0, 0.05) is 17.1 Å². The standard InChI is InChI=1S/C20H18N2O4S/c1-14-5-2-3-7-17(14)22-18(23)11-19-21-15(13-27-19)12-26-20(24)9-8-16-6-4-10-25-16/h2-10,13H,11-12H2,1H3,(H,22,23)/b9-8+. The molecule has 0 fully saturated rings. The largest absolute Gasteiger partial charge is 0.465 e. The predicted octanol–water partition coefficient (Wildman–Crippen LogP) is 3.98. The summed E-state index contributed by atoms with van der Waals surface area (Å²) in [5, 5.41) is 5.32. The van der Waals surface area contributed by atoms with Crippen molar-refractivity contribution in [3.63, 3.8) is 0 Å². The fourth-order valence-corrected chi connectivity index (χ4v) is 3.05. The Kier molecular flexibility index (Phi) is 6.17. The van der Waals surface area contributed by atoms with Gasteiger partial charge in [-0.25, -0.2) is 9.78 Å². The Morgan fingerprint density at radius 1 is 1.26 bits per heavy atom. The number of carbonyl (C=O) groups is 2. The summed E-state index contributed by atoms with van der Waals surface area (Å²) in [6, 6.07) is 11.1. The fourth-order valence-electron chi connectivity index (χ4n) is 2.27. The normalized spacial score (nSPS) is 10.9. The highest BCUT2D eigenvalue weighted by Crippen LogP contribution is 2.16. The van der Waals surface area contributed by atoms with Crippen LogP contribution in [0.4, 0.5) is 5.69 Å². The third-order valence-corrected chi connectivity index (χ3v) is 4.52. The number of hydrogen-bond acceptors (Lipinski definition) is 6. The van der Waals surface area contributed by atoms with E-state index in [1.54, 1.807) is 17.5 Å². The monoisotopic (exact) mass is 382 g/mol. The van der Waals surface area contributed by atoms with E-state index in [1.165, 1.54) is 29.8 Å². The quantitative estimate of drug-likeness (QED) is 0.494. The van der Waals surface area contributed by atoms with Crippen LogP contribution in [0.25, 0.3) is 6.08 Å². The average Bonchev–Trinajstić information content (AvgIpc) is 3.32. The van der Waals surface area contributed by atoms with Crippen LogP contribution >= 0.6 is 11.3 Å². The van der Waals surface area contributed by atoms with Crippen LogP contribution in [0.2, 0.25) is 0 Å². The van der Waals surface area contributed by atoms with Gasteiger partial charge in [-0.2, -0.15) is 0 Å². The topological polar surface area (TPSA) is 81.4 Å². The molecule has 1 aromatic carbocycles. The van der Waals surface area contributed by atoms with Gasteiger partial charge in [-0.15, -0.1) is 11.3 Å². The highest BCUT2D eigenvalue weighted by molar-refractivity contribution is 7.09. The number of furan rings is 1. The third-order valence-electron chi connectivity index (χ3n) is 3.62. The van der Waals surface area contributed by atoms with Crippen molar-refractivity contribution in [2.75, 3.05) is 5.32 Å². The van der Waals surface area contributed by atoms with Gasteiger partial charge in [0.25, 0.3) is 0 Å². The maximum Gasteiger partial charge on any atom is 0.331 e. The second-order valence-electron chi connectivity index (χ2n) is 5.73. The molecule has 2 aromatic heterocycles. The molecule has 0 aliphatic carbocycles. The summed E-state index contributed by atoms with van der Waals surface area (Å²) in [7, 11) is 0. The number of amides is 1. The summed E-state index contributed by atoms with van der Waals surface area (Å²) in [5.41, 5.74) is 2.40. The lowest BCUT2D eigenvalue weighted by Gasteiger charge is -2.06. The number of hydrogen-bond donors (Lipinski definition) is 1. The maximum atomic E-state index is 12.2. The smallest absolute Gasteiger partial charge is 0.331 e. The molecule has 7 heteroatoms. The molecule has 0 unspecified atom stereocenters. The Bertz CT molecular complexity index is 945. The minimum Gasteiger partial charge on any atom is -0.465 e. The van der Waals surface area contributed by atoms with Gasteiger partial charge in [0.2, 0.25) is 5.91 Å². The van der Waals surface area contributed by atoms with E-state index in [2.05, 4.69) is 10.3 Å². The molecule has 0 bridgehead atoms. The number of nitrogens with zero attached hydrogens (tertiary/aromatic N) is 1. The van der Waals surface area contributed by atoms with Crippen LogP contribution in [-0.2, 0) is 27.4 Å². The van der Waals surface area contributed by atoms with E-state index in [0.29, 0.717) is 16.5 Å². The van der Waals surface area contributed by atoms with Crippen molar-refractivity contribution < 1.29 is 18.7 Å². The number of aromatic nitrogens is 1. The zero-order valence-electron chi connectivity index (χ0n) is 14.7. The number of anilines is 1. The van der Waals surface area contributed by atoms with Crippen LogP contribution in [0.3, 0.4) is 0 Å². The van der Waals surface area contributed by atoms with Crippen molar-refractivity contribution >= 4 is 35.0 Å². The van der Waals surface area contributed by atoms with Gasteiger partial charge in [0.05, 0.1) is 18.4 Å². The van der Waals surface area contributed by atoms with E-state index < -0.39 is 5.97 Å². The Balaban J connectivity index is 1.47. The zero-order valence-corrected chi connectivity index (χ0v) is 15.5. The van der Waals surface area contributed by atoms with Crippen molar-refractivity contribution in [1.29, 1.82) is 0 Å². The third kappa shape index (κ3) is 5.65. The molecule has 6 nitrogen and oxygen atoms in total. The van der Waals surface area contributed by atoms with Gasteiger partial charge in [-0.3, -0.25) is 4.79 Å². The van der Waals surface area contributed by atoms with Crippen LogP contribution in [0.1, 0.15) is 22.0 Å². The summed E-state index contributed by atoms with van der Waals surface area (Å²) >= 11 is 1.36. The summed E-state index contributed by atoms with van der Waals surface area (Å²) in [4.78, 5) is 28.2. The van der Waals surface area contributed by atoms with Crippen LogP contribution in [0, 0.1) is 6.92 Å². The van der Waals surface area contributed by atoms with Gasteiger partial charge in [-0.05, 0) is 36.8 Å². The van der Waals surface area contributed by atoms with Crippen LogP contribution in [0.15, 0.2) is 58.5 Å². The first kappa shape index (κ1) is 18.6. The van der Waals surface area contributed by atoms with Gasteiger partial charge in [0.15, 0.2) is 0 Å². The number of thiazole rings is 1. The van der Waals surface area contributed by atoms with Gasteiger partial charge in [-0.1, -0.05) is 18.2 Å². The molecule has 3 aromatic rings. The lowest BCUT2D eigenvalue weighted by molar-refractivity contribution is -0.139. The van der Waals surface area contributed by atoms with Crippen molar-refractivity contribution in [3.05, 3.63) is 76.1 Å². The van der Waals surface area contributed by atoms with Gasteiger partial charge in [0.1, 0.15) is 17.4 Å². The molecule has 0 saturated heterocycles. The summed E-state index contributed by atoms with van der Waals surface area (Å²) in [5.74, 6) is -0.0515. The SMILES string of the molecule is Cc1ccccc1NC(=O)Cc1nc(COC(=O)/C=C/c2ccco2)cs1. The molecule has 0 aliphatic heterocycles. The molecular weight excluding hydrogens is 364 g/mol. The number of benzene rings is 1. The fraction of sp³-hybridized carbons (Fsp3) is 0.150. The van der Waals surface area contributed by atoms with Crippen molar-refractivity contribution in [3.8, 4) is 0 Å². The lowest BCUT2D eigenvalue weighted by Crippen LogP contribution is -2.15. The molecule has 0 saturated carbocycles. The summed E-state index contributed by atoms with van der Waals surface area (Å²) < 4.78 is 10.2. The Hall–Kier alpha value is -3.19. The minimum absolute atomic E-state index is 0.0528. The van der Waals surface area contributed by atoms with Crippen LogP contribution < -0.4 is 5.32 Å². The molecule has 3 rings (SSSR count). The molecule has 1 N–H and O–H groups in total. The molecule has 1 amide bonds. The molecule has 27 heavy (non-hydrogen) atoms. The second-order valence-corrected chi connectivity index (χ2v) is 6.67. The minimum atomic E-state index is -0.488. The average molecular weight is 382 g/mol. The van der Waals surface area contributed by atoms with Gasteiger partial charge < -0.3 is 14.5 Å². The molecule has 0 spiro atoms. The van der Waals surface area contributed by atoms with E-state index in [9.17, 15) is 9.59 Å². The molecular formula is C20H18N2O4S.